The molecule has 3 aromatic rings. The third-order valence-electron chi connectivity index (χ3n) is 6.89. The van der Waals surface area contributed by atoms with E-state index in [1.165, 1.54) is 6.07 Å². The van der Waals surface area contributed by atoms with Gasteiger partial charge in [-0.2, -0.15) is 0 Å². The van der Waals surface area contributed by atoms with Crippen molar-refractivity contribution in [2.75, 3.05) is 31.2 Å². The van der Waals surface area contributed by atoms with Crippen LogP contribution in [0.3, 0.4) is 0 Å². The molecule has 8 nitrogen and oxygen atoms in total. The van der Waals surface area contributed by atoms with Crippen molar-refractivity contribution < 1.29 is 28.9 Å². The summed E-state index contributed by atoms with van der Waals surface area (Å²) in [6.45, 7) is 19.6. The Hall–Kier alpha value is -3.72. The minimum absolute atomic E-state index is 0.0866. The second-order valence-corrected chi connectivity index (χ2v) is 12.5. The van der Waals surface area contributed by atoms with Crippen molar-refractivity contribution in [3.8, 4) is 22.8 Å². The summed E-state index contributed by atoms with van der Waals surface area (Å²) in [5, 5.41) is 18.1. The van der Waals surface area contributed by atoms with Crippen molar-refractivity contribution in [1.82, 2.24) is 9.97 Å². The number of pyridine rings is 2. The molecule has 3 heterocycles. The Morgan fingerprint density at radius 3 is 2.07 bits per heavy atom. The standard InChI is InChI=1S/C29H34FN3O4.C4H10O.C2H6/c1-19-15-21(5-7-25(19)30)36-13-14-37-22-6-8-26(32-17-22)24-18-31-20(2)23(16-27(34)35)28(24)33-11-9-29(3,4)10-12-33;1-4(2,3)5;1-2/h5-8,15,17-18H,9-14,16H2,1-4H3,(H,34,35);5H,1-3H3;1-2H3. The molecule has 242 valence electrons. The van der Waals surface area contributed by atoms with E-state index in [0.717, 1.165) is 48.4 Å². The molecule has 1 aromatic carbocycles. The fourth-order valence-electron chi connectivity index (χ4n) is 4.53. The highest BCUT2D eigenvalue weighted by Crippen LogP contribution is 2.39. The highest BCUT2D eigenvalue weighted by atomic mass is 19.1. The largest absolute Gasteiger partial charge is 0.490 e. The summed E-state index contributed by atoms with van der Waals surface area (Å²) in [5.74, 6) is 0.0413. The molecule has 1 saturated heterocycles. The van der Waals surface area contributed by atoms with Gasteiger partial charge in [0.1, 0.15) is 30.5 Å². The van der Waals surface area contributed by atoms with Gasteiger partial charge in [-0.3, -0.25) is 14.8 Å². The summed E-state index contributed by atoms with van der Waals surface area (Å²) in [5.41, 5.74) is 4.20. The van der Waals surface area contributed by atoms with E-state index in [-0.39, 0.29) is 17.7 Å². The molecule has 9 heteroatoms. The Morgan fingerprint density at radius 1 is 0.977 bits per heavy atom. The van der Waals surface area contributed by atoms with Gasteiger partial charge in [0.15, 0.2) is 0 Å². The molecule has 0 radical (unpaired) electrons. The number of carboxylic acids is 1. The summed E-state index contributed by atoms with van der Waals surface area (Å²) in [6.07, 6.45) is 5.41. The second-order valence-electron chi connectivity index (χ2n) is 12.5. The summed E-state index contributed by atoms with van der Waals surface area (Å²) < 4.78 is 24.8. The first-order valence-electron chi connectivity index (χ1n) is 15.3. The first kappa shape index (κ1) is 36.5. The van der Waals surface area contributed by atoms with Crippen molar-refractivity contribution >= 4 is 11.7 Å². The normalized spacial score (nSPS) is 14.0. The highest BCUT2D eigenvalue weighted by molar-refractivity contribution is 5.83. The molecule has 2 N–H and O–H groups in total. The van der Waals surface area contributed by atoms with Crippen LogP contribution in [-0.4, -0.2) is 58.1 Å². The van der Waals surface area contributed by atoms with Crippen LogP contribution in [0.4, 0.5) is 10.1 Å². The number of halogens is 1. The predicted octanol–water partition coefficient (Wildman–Crippen LogP) is 7.41. The Morgan fingerprint density at radius 2 is 1.55 bits per heavy atom. The van der Waals surface area contributed by atoms with Gasteiger partial charge in [-0.05, 0) is 88.8 Å². The van der Waals surface area contributed by atoms with Gasteiger partial charge < -0.3 is 24.6 Å². The number of rotatable bonds is 9. The summed E-state index contributed by atoms with van der Waals surface area (Å²) >= 11 is 0. The van der Waals surface area contributed by atoms with Crippen LogP contribution in [0.15, 0.2) is 42.7 Å². The van der Waals surface area contributed by atoms with Crippen LogP contribution < -0.4 is 14.4 Å². The lowest BCUT2D eigenvalue weighted by molar-refractivity contribution is -0.136. The van der Waals surface area contributed by atoms with Gasteiger partial charge in [0.25, 0.3) is 0 Å². The predicted molar refractivity (Wildman–Crippen MR) is 174 cm³/mol. The van der Waals surface area contributed by atoms with Crippen LogP contribution >= 0.6 is 0 Å². The van der Waals surface area contributed by atoms with Gasteiger partial charge in [-0.25, -0.2) is 4.39 Å². The first-order chi connectivity index (χ1) is 20.6. The molecule has 0 unspecified atom stereocenters. The van der Waals surface area contributed by atoms with Gasteiger partial charge in [-0.15, -0.1) is 0 Å². The zero-order chi connectivity index (χ0) is 33.1. The number of ether oxygens (including phenoxy) is 2. The maximum atomic E-state index is 13.4. The lowest BCUT2D eigenvalue weighted by Gasteiger charge is -2.40. The number of aliphatic hydroxyl groups is 1. The van der Waals surface area contributed by atoms with E-state index in [0.29, 0.717) is 36.0 Å². The van der Waals surface area contributed by atoms with E-state index < -0.39 is 11.6 Å². The topological polar surface area (TPSA) is 105 Å². The van der Waals surface area contributed by atoms with Gasteiger partial charge in [0.2, 0.25) is 0 Å². The number of carbonyl (C=O) groups is 1. The molecule has 4 rings (SSSR count). The molecule has 0 aliphatic carbocycles. The minimum atomic E-state index is -0.879. The van der Waals surface area contributed by atoms with E-state index in [4.69, 9.17) is 14.6 Å². The number of carboxylic acid groups (broad SMARTS) is 1. The van der Waals surface area contributed by atoms with Crippen LogP contribution in [0.25, 0.3) is 11.3 Å². The van der Waals surface area contributed by atoms with Gasteiger partial charge in [0.05, 0.1) is 29.6 Å². The summed E-state index contributed by atoms with van der Waals surface area (Å²) in [6, 6.07) is 8.33. The number of hydrogen-bond acceptors (Lipinski definition) is 7. The van der Waals surface area contributed by atoms with E-state index >= 15 is 0 Å². The number of piperidine rings is 1. The van der Waals surface area contributed by atoms with Crippen molar-refractivity contribution in [2.45, 2.75) is 87.2 Å². The molecule has 0 saturated carbocycles. The number of aliphatic carboxylic acids is 1. The van der Waals surface area contributed by atoms with Crippen molar-refractivity contribution in [2.24, 2.45) is 5.41 Å². The Bertz CT molecular complexity index is 1340. The molecule has 1 aliphatic heterocycles. The maximum absolute atomic E-state index is 13.4. The number of hydrogen-bond donors (Lipinski definition) is 2. The Balaban J connectivity index is 0.000000876. The van der Waals surface area contributed by atoms with Crippen LogP contribution in [-0.2, 0) is 11.2 Å². The second kappa shape index (κ2) is 16.4. The monoisotopic (exact) mass is 611 g/mol. The number of nitrogens with zero attached hydrogens (tertiary/aromatic N) is 3. The molecular formula is C35H50FN3O5. The molecule has 2 aromatic heterocycles. The van der Waals surface area contributed by atoms with Crippen LogP contribution in [0, 0.1) is 25.1 Å². The van der Waals surface area contributed by atoms with E-state index in [2.05, 4.69) is 28.7 Å². The molecule has 0 spiro atoms. The summed E-state index contributed by atoms with van der Waals surface area (Å²) in [7, 11) is 0. The molecule has 0 amide bonds. The maximum Gasteiger partial charge on any atom is 0.307 e. The van der Waals surface area contributed by atoms with Gasteiger partial charge in [0, 0.05) is 36.1 Å². The van der Waals surface area contributed by atoms with Crippen molar-refractivity contribution in [1.29, 1.82) is 0 Å². The Kier molecular flexibility index (Phi) is 13.6. The first-order valence-corrected chi connectivity index (χ1v) is 15.3. The zero-order valence-electron chi connectivity index (χ0n) is 27.8. The van der Waals surface area contributed by atoms with Crippen LogP contribution in [0.5, 0.6) is 11.5 Å². The zero-order valence-corrected chi connectivity index (χ0v) is 27.8. The SMILES string of the molecule is CC.CC(C)(C)O.Cc1cc(OCCOc2ccc(-c3cnc(C)c(CC(=O)O)c3N3CCC(C)(C)CC3)nc2)ccc1F. The molecule has 0 bridgehead atoms. The van der Waals surface area contributed by atoms with E-state index in [1.54, 1.807) is 52.2 Å². The van der Waals surface area contributed by atoms with E-state index in [1.807, 2.05) is 32.9 Å². The molecule has 1 fully saturated rings. The van der Waals surface area contributed by atoms with Crippen LogP contribution in [0.1, 0.15) is 78.1 Å². The molecule has 0 atom stereocenters. The fourth-order valence-corrected chi connectivity index (χ4v) is 4.53. The number of aromatic nitrogens is 2. The van der Waals surface area contributed by atoms with Gasteiger partial charge in [-0.1, -0.05) is 27.7 Å². The number of anilines is 1. The number of aryl methyl sites for hydroxylation is 2. The average molecular weight is 612 g/mol. The Labute approximate surface area is 262 Å². The average Bonchev–Trinajstić information content (AvgIpc) is 2.95. The number of benzene rings is 1. The van der Waals surface area contributed by atoms with Gasteiger partial charge >= 0.3 is 5.97 Å². The lowest BCUT2D eigenvalue weighted by Crippen LogP contribution is -2.38. The quantitative estimate of drug-likeness (QED) is 0.241. The fraction of sp³-hybridized carbons (Fsp3) is 0.514. The molecule has 1 aliphatic rings. The molecule has 44 heavy (non-hydrogen) atoms. The van der Waals surface area contributed by atoms with Crippen LogP contribution in [0.2, 0.25) is 0 Å². The third-order valence-corrected chi connectivity index (χ3v) is 6.89. The minimum Gasteiger partial charge on any atom is -0.490 e. The highest BCUT2D eigenvalue weighted by Gasteiger charge is 2.29. The van der Waals surface area contributed by atoms with Crippen molar-refractivity contribution in [3.63, 3.8) is 0 Å². The van der Waals surface area contributed by atoms with E-state index in [9.17, 15) is 14.3 Å². The lowest BCUT2D eigenvalue weighted by atomic mass is 9.82. The summed E-state index contributed by atoms with van der Waals surface area (Å²) in [4.78, 5) is 23.1. The third kappa shape index (κ3) is 11.8. The molecular weight excluding hydrogens is 561 g/mol. The smallest absolute Gasteiger partial charge is 0.307 e. The van der Waals surface area contributed by atoms with Crippen molar-refractivity contribution in [3.05, 3.63) is 65.4 Å².